The zero-order valence-electron chi connectivity index (χ0n) is 23.7. The molecule has 3 aromatic rings. The van der Waals surface area contributed by atoms with Crippen molar-refractivity contribution in [2.45, 2.75) is 51.4 Å². The lowest BCUT2D eigenvalue weighted by Gasteiger charge is -2.23. The van der Waals surface area contributed by atoms with Crippen LogP contribution in [0.4, 0.5) is 4.79 Å². The largest absolute Gasteiger partial charge is 0.462 e. The number of carbonyl (C=O) groups is 3. The second kappa shape index (κ2) is 17.7. The van der Waals surface area contributed by atoms with Gasteiger partial charge in [0.2, 0.25) is 5.91 Å². The molecule has 14 heteroatoms. The van der Waals surface area contributed by atoms with E-state index in [1.54, 1.807) is 38.1 Å². The quantitative estimate of drug-likeness (QED) is 0.163. The fourth-order valence-electron chi connectivity index (χ4n) is 3.53. The second-order valence-corrected chi connectivity index (χ2v) is 9.78. The first-order valence-electron chi connectivity index (χ1n) is 13.3. The summed E-state index contributed by atoms with van der Waals surface area (Å²) in [6.45, 7) is 4.38. The number of halogens is 1. The van der Waals surface area contributed by atoms with Gasteiger partial charge in [0.05, 0.1) is 37.5 Å². The van der Waals surface area contributed by atoms with Crippen LogP contribution in [0.25, 0.3) is 0 Å². The van der Waals surface area contributed by atoms with Crippen LogP contribution in [0.3, 0.4) is 0 Å². The molecule has 228 valence electrons. The molecule has 1 atom stereocenters. The van der Waals surface area contributed by atoms with E-state index in [4.69, 9.17) is 19.9 Å². The van der Waals surface area contributed by atoms with Crippen molar-refractivity contribution in [1.29, 1.82) is 0 Å². The van der Waals surface area contributed by atoms with E-state index < -0.39 is 23.6 Å². The Morgan fingerprint density at radius 1 is 0.976 bits per heavy atom. The number of nitrogens with one attached hydrogen (secondary N) is 2. The van der Waals surface area contributed by atoms with Crippen molar-refractivity contribution in [3.63, 3.8) is 0 Å². The normalized spacial score (nSPS) is 11.6. The molecule has 0 bridgehead atoms. The molecule has 1 aromatic heterocycles. The molecule has 0 unspecified atom stereocenters. The van der Waals surface area contributed by atoms with Gasteiger partial charge in [0.15, 0.2) is 5.82 Å². The van der Waals surface area contributed by atoms with Gasteiger partial charge in [-0.05, 0) is 54.8 Å². The maximum atomic E-state index is 12.6. The lowest BCUT2D eigenvalue weighted by Crippen LogP contribution is -2.51. The van der Waals surface area contributed by atoms with Crippen LogP contribution in [0.2, 0.25) is 0 Å². The maximum Gasteiger partial charge on any atom is 0.407 e. The number of alkyl carbamates (subject to hydrolysis) is 1. The highest BCUT2D eigenvalue weighted by atomic mass is 35.5. The zero-order chi connectivity index (χ0) is 29.5. The molecule has 2 aromatic carbocycles. The van der Waals surface area contributed by atoms with Gasteiger partial charge in [-0.1, -0.05) is 48.5 Å². The third-order valence-electron chi connectivity index (χ3n) is 5.78. The van der Waals surface area contributed by atoms with Crippen molar-refractivity contribution in [2.75, 3.05) is 26.4 Å². The van der Waals surface area contributed by atoms with Gasteiger partial charge in [0, 0.05) is 6.54 Å². The summed E-state index contributed by atoms with van der Waals surface area (Å²) in [5, 5.41) is 17.2. The number of rotatable bonds is 16. The summed E-state index contributed by atoms with van der Waals surface area (Å²) in [6, 6.07) is 17.7. The van der Waals surface area contributed by atoms with E-state index >= 15 is 0 Å². The van der Waals surface area contributed by atoms with Gasteiger partial charge in [0.1, 0.15) is 12.6 Å². The van der Waals surface area contributed by atoms with Crippen LogP contribution in [0.15, 0.2) is 60.7 Å². The Bertz CT molecular complexity index is 1240. The van der Waals surface area contributed by atoms with Gasteiger partial charge in [-0.3, -0.25) is 4.79 Å². The minimum Gasteiger partial charge on any atom is -0.462 e. The predicted octanol–water partition coefficient (Wildman–Crippen LogP) is 2.57. The van der Waals surface area contributed by atoms with Crippen molar-refractivity contribution >= 4 is 30.4 Å². The average Bonchev–Trinajstić information content (AvgIpc) is 3.43. The van der Waals surface area contributed by atoms with Crippen LogP contribution in [-0.2, 0) is 32.2 Å². The smallest absolute Gasteiger partial charge is 0.407 e. The van der Waals surface area contributed by atoms with Crippen LogP contribution in [0.1, 0.15) is 54.5 Å². The average molecular weight is 604 g/mol. The summed E-state index contributed by atoms with van der Waals surface area (Å²) in [5.74, 6) is -0.438. The van der Waals surface area contributed by atoms with Gasteiger partial charge in [-0.15, -0.1) is 17.5 Å². The van der Waals surface area contributed by atoms with E-state index in [2.05, 4.69) is 26.2 Å². The minimum atomic E-state index is -1.12. The van der Waals surface area contributed by atoms with Crippen molar-refractivity contribution in [3.05, 3.63) is 77.6 Å². The molecule has 0 aliphatic rings. The molecule has 0 spiro atoms. The Morgan fingerprint density at radius 2 is 1.67 bits per heavy atom. The number of carbonyl (C=O) groups excluding carboxylic acids is 3. The number of benzene rings is 2. The molecule has 0 saturated carbocycles. The van der Waals surface area contributed by atoms with Crippen molar-refractivity contribution in [1.82, 2.24) is 30.8 Å². The molecule has 42 heavy (non-hydrogen) atoms. The van der Waals surface area contributed by atoms with E-state index in [1.165, 1.54) is 4.68 Å². The first-order valence-corrected chi connectivity index (χ1v) is 13.3. The van der Waals surface area contributed by atoms with Crippen LogP contribution >= 0.6 is 12.4 Å². The number of nitrogens with zero attached hydrogens (tertiary/aromatic N) is 4. The number of aromatic nitrogens is 4. The number of esters is 1. The Balaban J connectivity index is 0.00000616. The molecule has 0 radical (unpaired) electrons. The highest BCUT2D eigenvalue weighted by Gasteiger charge is 2.28. The van der Waals surface area contributed by atoms with E-state index in [9.17, 15) is 14.4 Å². The molecular formula is C28H38ClN7O6. The van der Waals surface area contributed by atoms with Gasteiger partial charge < -0.3 is 30.6 Å². The van der Waals surface area contributed by atoms with Gasteiger partial charge in [0.25, 0.3) is 0 Å². The lowest BCUT2D eigenvalue weighted by molar-refractivity contribution is -0.126. The third kappa shape index (κ3) is 11.8. The highest BCUT2D eigenvalue weighted by Crippen LogP contribution is 2.13. The van der Waals surface area contributed by atoms with E-state index in [1.807, 2.05) is 36.4 Å². The summed E-state index contributed by atoms with van der Waals surface area (Å²) in [7, 11) is 0. The fourth-order valence-corrected chi connectivity index (χ4v) is 3.53. The van der Waals surface area contributed by atoms with E-state index in [-0.39, 0.29) is 44.7 Å². The molecule has 2 amide bonds. The van der Waals surface area contributed by atoms with Crippen molar-refractivity contribution < 1.29 is 28.6 Å². The molecule has 13 nitrogen and oxygen atoms in total. The number of hydrogen-bond donors (Lipinski definition) is 3. The van der Waals surface area contributed by atoms with E-state index in [0.717, 1.165) is 5.56 Å². The van der Waals surface area contributed by atoms with Crippen molar-refractivity contribution in [3.8, 4) is 0 Å². The highest BCUT2D eigenvalue weighted by molar-refractivity contribution is 5.89. The number of nitrogens with two attached hydrogens (primary N) is 1. The Kier molecular flexibility index (Phi) is 14.4. The predicted molar refractivity (Wildman–Crippen MR) is 156 cm³/mol. The SMILES string of the molecule is CC(C)(N)C(=O)N[C@H](COCc1ccccc1)c1nnnn1CCOC(=O)NCCCCOC(=O)c1ccccc1.Cl. The van der Waals surface area contributed by atoms with Crippen LogP contribution in [-0.4, -0.2) is 70.1 Å². The van der Waals surface area contributed by atoms with Crippen molar-refractivity contribution in [2.24, 2.45) is 5.73 Å². The third-order valence-corrected chi connectivity index (χ3v) is 5.78. The Labute approximate surface area is 250 Å². The zero-order valence-corrected chi connectivity index (χ0v) is 24.5. The molecule has 1 heterocycles. The topological polar surface area (TPSA) is 173 Å². The van der Waals surface area contributed by atoms with Gasteiger partial charge in [-0.2, -0.15) is 0 Å². The van der Waals surface area contributed by atoms with Crippen LogP contribution < -0.4 is 16.4 Å². The number of hydrogen-bond acceptors (Lipinski definition) is 10. The summed E-state index contributed by atoms with van der Waals surface area (Å²) < 4.78 is 17.7. The Hall–Kier alpha value is -4.07. The first-order chi connectivity index (χ1) is 19.7. The summed E-state index contributed by atoms with van der Waals surface area (Å²) >= 11 is 0. The van der Waals surface area contributed by atoms with Gasteiger partial charge >= 0.3 is 12.1 Å². The summed E-state index contributed by atoms with van der Waals surface area (Å²) in [5.41, 5.74) is 6.31. The minimum absolute atomic E-state index is 0. The number of ether oxygens (including phenoxy) is 3. The second-order valence-electron chi connectivity index (χ2n) is 9.78. The van der Waals surface area contributed by atoms with Gasteiger partial charge in [-0.25, -0.2) is 14.3 Å². The number of amides is 2. The molecule has 0 aliphatic heterocycles. The monoisotopic (exact) mass is 603 g/mol. The van der Waals surface area contributed by atoms with Crippen LogP contribution in [0.5, 0.6) is 0 Å². The molecule has 3 rings (SSSR count). The molecule has 0 fully saturated rings. The summed E-state index contributed by atoms with van der Waals surface area (Å²) in [4.78, 5) is 36.6. The number of tetrazole rings is 1. The fraction of sp³-hybridized carbons (Fsp3) is 0.429. The summed E-state index contributed by atoms with van der Waals surface area (Å²) in [6.07, 6.45) is 0.601. The molecule has 4 N–H and O–H groups in total. The molecule has 0 aliphatic carbocycles. The molecular weight excluding hydrogens is 566 g/mol. The Morgan fingerprint density at radius 3 is 2.36 bits per heavy atom. The number of unbranched alkanes of at least 4 members (excludes halogenated alkanes) is 1. The maximum absolute atomic E-state index is 12.6. The molecule has 0 saturated heterocycles. The first kappa shape index (κ1) is 34.1. The lowest BCUT2D eigenvalue weighted by atomic mass is 10.1. The standard InChI is InChI=1S/C28H37N7O6.ClH/c1-28(2,29)26(37)31-23(20-39-19-21-11-5-3-6-12-21)24-32-33-34-35(24)16-18-41-27(38)30-15-9-10-17-40-25(36)22-13-7-4-8-14-22;/h3-8,11-14,23H,9-10,15-20,29H2,1-2H3,(H,30,38)(H,31,37);1H/t23-;/m1./s1. The van der Waals surface area contributed by atoms with Crippen LogP contribution in [0, 0.1) is 0 Å². The van der Waals surface area contributed by atoms with E-state index in [0.29, 0.717) is 37.4 Å².